The van der Waals surface area contributed by atoms with E-state index in [2.05, 4.69) is 36.9 Å². The van der Waals surface area contributed by atoms with Gasteiger partial charge in [0, 0.05) is 50.4 Å². The molecule has 2 amide bonds. The van der Waals surface area contributed by atoms with Crippen molar-refractivity contribution in [3.05, 3.63) is 71.3 Å². The second-order valence-electron chi connectivity index (χ2n) is 11.0. The second kappa shape index (κ2) is 12.9. The summed E-state index contributed by atoms with van der Waals surface area (Å²) in [7, 11) is 6.25. The summed E-state index contributed by atoms with van der Waals surface area (Å²) in [6.45, 7) is 7.03. The van der Waals surface area contributed by atoms with Gasteiger partial charge in [0.25, 0.3) is 0 Å². The van der Waals surface area contributed by atoms with E-state index in [0.29, 0.717) is 48.2 Å². The van der Waals surface area contributed by atoms with Gasteiger partial charge < -0.3 is 33.6 Å². The molecule has 0 aromatic heterocycles. The number of ether oxygens (including phenoxy) is 4. The first kappa shape index (κ1) is 30.1. The molecule has 0 aliphatic carbocycles. The number of nitrogens with zero attached hydrogens (tertiary/aromatic N) is 3. The van der Waals surface area contributed by atoms with E-state index in [4.69, 9.17) is 18.9 Å². The molecule has 0 spiro atoms. The largest absolute Gasteiger partial charge is 0.497 e. The van der Waals surface area contributed by atoms with Crippen LogP contribution in [0, 0.1) is 19.8 Å². The maximum Gasteiger partial charge on any atom is 0.228 e. The molecular formula is C34H41N3O6. The molecule has 2 fully saturated rings. The maximum absolute atomic E-state index is 14.3. The minimum atomic E-state index is -0.528. The Kier molecular flexibility index (Phi) is 8.99. The number of piperazine rings is 1. The van der Waals surface area contributed by atoms with Crippen molar-refractivity contribution in [3.63, 3.8) is 0 Å². The Morgan fingerprint density at radius 2 is 1.47 bits per heavy atom. The van der Waals surface area contributed by atoms with E-state index in [-0.39, 0.29) is 18.2 Å². The van der Waals surface area contributed by atoms with E-state index < -0.39 is 12.0 Å². The van der Waals surface area contributed by atoms with Gasteiger partial charge in [0.1, 0.15) is 5.75 Å². The van der Waals surface area contributed by atoms with Gasteiger partial charge in [0.15, 0.2) is 11.5 Å². The fraction of sp³-hybridized carbons (Fsp3) is 0.412. The highest BCUT2D eigenvalue weighted by Gasteiger charge is 2.44. The molecule has 9 nitrogen and oxygen atoms in total. The van der Waals surface area contributed by atoms with Crippen LogP contribution >= 0.6 is 0 Å². The van der Waals surface area contributed by atoms with Crippen LogP contribution in [0.15, 0.2) is 54.6 Å². The predicted molar refractivity (Wildman–Crippen MR) is 167 cm³/mol. The molecule has 0 bridgehead atoms. The number of methoxy groups -OCH3 is 4. The van der Waals surface area contributed by atoms with Crippen molar-refractivity contribution in [1.29, 1.82) is 0 Å². The molecule has 2 atom stereocenters. The van der Waals surface area contributed by atoms with Gasteiger partial charge in [-0.2, -0.15) is 0 Å². The number of carbonyl (C=O) groups excluding carboxylic acids is 2. The Hall–Kier alpha value is -4.40. The fourth-order valence-corrected chi connectivity index (χ4v) is 6.32. The lowest BCUT2D eigenvalue weighted by atomic mass is 9.82. The van der Waals surface area contributed by atoms with Crippen LogP contribution in [0.25, 0.3) is 0 Å². The summed E-state index contributed by atoms with van der Waals surface area (Å²) >= 11 is 0. The molecule has 3 aromatic carbocycles. The molecule has 2 saturated heterocycles. The van der Waals surface area contributed by atoms with Gasteiger partial charge in [0.05, 0.1) is 46.1 Å². The lowest BCUT2D eigenvalue weighted by molar-refractivity contribution is -0.138. The summed E-state index contributed by atoms with van der Waals surface area (Å²) in [4.78, 5) is 34.1. The van der Waals surface area contributed by atoms with E-state index in [1.807, 2.05) is 29.2 Å². The zero-order valence-electron chi connectivity index (χ0n) is 25.9. The van der Waals surface area contributed by atoms with Crippen LogP contribution in [0.3, 0.4) is 0 Å². The summed E-state index contributed by atoms with van der Waals surface area (Å²) in [5.41, 5.74) is 5.19. The van der Waals surface area contributed by atoms with Crippen molar-refractivity contribution in [1.82, 2.24) is 4.90 Å². The number of amides is 2. The number of carbonyl (C=O) groups is 2. The van der Waals surface area contributed by atoms with Gasteiger partial charge in [-0.25, -0.2) is 0 Å². The number of anilines is 2. The zero-order valence-corrected chi connectivity index (χ0v) is 25.9. The predicted octanol–water partition coefficient (Wildman–Crippen LogP) is 5.17. The molecule has 43 heavy (non-hydrogen) atoms. The Morgan fingerprint density at radius 1 is 0.814 bits per heavy atom. The van der Waals surface area contributed by atoms with E-state index in [1.165, 1.54) is 16.8 Å². The van der Waals surface area contributed by atoms with Crippen molar-refractivity contribution in [2.24, 2.45) is 5.92 Å². The molecule has 5 rings (SSSR count). The van der Waals surface area contributed by atoms with Crippen LogP contribution in [0.2, 0.25) is 0 Å². The van der Waals surface area contributed by atoms with Crippen molar-refractivity contribution in [2.45, 2.75) is 32.7 Å². The number of benzene rings is 3. The van der Waals surface area contributed by atoms with Crippen molar-refractivity contribution in [3.8, 4) is 23.0 Å². The third-order valence-corrected chi connectivity index (χ3v) is 8.81. The second-order valence-corrected chi connectivity index (χ2v) is 11.0. The number of hydrogen-bond acceptors (Lipinski definition) is 7. The Morgan fingerprint density at radius 3 is 2.05 bits per heavy atom. The summed E-state index contributed by atoms with van der Waals surface area (Å²) in [5, 5.41) is 0. The molecule has 0 radical (unpaired) electrons. The van der Waals surface area contributed by atoms with Gasteiger partial charge in [-0.15, -0.1) is 0 Å². The number of piperidine rings is 1. The lowest BCUT2D eigenvalue weighted by Gasteiger charge is -2.44. The summed E-state index contributed by atoms with van der Waals surface area (Å²) in [6, 6.07) is 17.0. The molecule has 0 unspecified atom stereocenters. The minimum absolute atomic E-state index is 0.0615. The zero-order chi connectivity index (χ0) is 30.7. The Labute approximate surface area is 253 Å². The molecular weight excluding hydrogens is 546 g/mol. The quantitative estimate of drug-likeness (QED) is 0.360. The third-order valence-electron chi connectivity index (χ3n) is 8.81. The molecule has 2 aliphatic rings. The van der Waals surface area contributed by atoms with Gasteiger partial charge in [-0.05, 0) is 55.2 Å². The minimum Gasteiger partial charge on any atom is -0.497 e. The highest BCUT2D eigenvalue weighted by atomic mass is 16.5. The van der Waals surface area contributed by atoms with Crippen LogP contribution in [0.1, 0.15) is 35.6 Å². The van der Waals surface area contributed by atoms with Gasteiger partial charge >= 0.3 is 0 Å². The van der Waals surface area contributed by atoms with Crippen LogP contribution in [-0.4, -0.2) is 71.3 Å². The molecule has 9 heteroatoms. The maximum atomic E-state index is 14.3. The smallest absolute Gasteiger partial charge is 0.228 e. The summed E-state index contributed by atoms with van der Waals surface area (Å²) < 4.78 is 22.1. The lowest BCUT2D eigenvalue weighted by Crippen LogP contribution is -2.54. The number of hydrogen-bond donors (Lipinski definition) is 0. The van der Waals surface area contributed by atoms with Crippen LogP contribution in [0.5, 0.6) is 23.0 Å². The Bertz CT molecular complexity index is 1440. The molecule has 2 heterocycles. The average molecular weight is 588 g/mol. The van der Waals surface area contributed by atoms with Gasteiger partial charge in [-0.1, -0.05) is 24.3 Å². The van der Waals surface area contributed by atoms with Crippen LogP contribution in [0.4, 0.5) is 11.4 Å². The third kappa shape index (κ3) is 5.81. The van der Waals surface area contributed by atoms with Crippen molar-refractivity contribution < 1.29 is 28.5 Å². The SMILES string of the molecule is COc1ccc([C@@H]2[C@@H](C(=O)N3CCN(c4cccc(C)c4C)CC3)CCC(=O)N2c2cc(OC)c(OC)c(OC)c2)cc1. The number of aryl methyl sites for hydroxylation is 1. The van der Waals surface area contributed by atoms with Crippen molar-refractivity contribution in [2.75, 3.05) is 64.4 Å². The fourth-order valence-electron chi connectivity index (χ4n) is 6.32. The highest BCUT2D eigenvalue weighted by Crippen LogP contribution is 2.46. The first-order chi connectivity index (χ1) is 20.8. The number of rotatable bonds is 8. The van der Waals surface area contributed by atoms with Crippen LogP contribution < -0.4 is 28.7 Å². The van der Waals surface area contributed by atoms with Crippen molar-refractivity contribution >= 4 is 23.2 Å². The van der Waals surface area contributed by atoms with E-state index in [9.17, 15) is 9.59 Å². The first-order valence-corrected chi connectivity index (χ1v) is 14.7. The molecule has 0 saturated carbocycles. The molecule has 228 valence electrons. The normalized spacial score (nSPS) is 18.8. The first-order valence-electron chi connectivity index (χ1n) is 14.7. The molecule has 3 aromatic rings. The monoisotopic (exact) mass is 587 g/mol. The Balaban J connectivity index is 1.49. The van der Waals surface area contributed by atoms with Gasteiger partial charge in [0.2, 0.25) is 17.6 Å². The summed E-state index contributed by atoms with van der Waals surface area (Å²) in [5.74, 6) is 1.58. The van der Waals surface area contributed by atoms with Gasteiger partial charge in [-0.3, -0.25) is 9.59 Å². The van der Waals surface area contributed by atoms with E-state index in [1.54, 1.807) is 45.5 Å². The average Bonchev–Trinajstić information content (AvgIpc) is 3.05. The molecule has 0 N–H and O–H groups in total. The standard InChI is InChI=1S/C34H41N3O6/c1-22-8-7-9-28(23(22)2)35-16-18-36(19-17-35)34(39)27-14-15-31(38)37(32(27)24-10-12-26(40-3)13-11-24)25-20-29(41-4)33(43-6)30(21-25)42-5/h7-13,20-21,27,32H,14-19H2,1-6H3/t27-,32+/m0/s1. The van der Waals surface area contributed by atoms with E-state index >= 15 is 0 Å². The highest BCUT2D eigenvalue weighted by molar-refractivity contribution is 5.98. The summed E-state index contributed by atoms with van der Waals surface area (Å²) in [6.07, 6.45) is 0.717. The van der Waals surface area contributed by atoms with E-state index in [0.717, 1.165) is 18.7 Å². The molecule has 2 aliphatic heterocycles. The van der Waals surface area contributed by atoms with Crippen LogP contribution in [-0.2, 0) is 9.59 Å². The topological polar surface area (TPSA) is 80.8 Å².